The molecule has 0 spiro atoms. The maximum atomic E-state index is 13.8. The zero-order valence-electron chi connectivity index (χ0n) is 30.2. The molecule has 0 radical (unpaired) electrons. The minimum absolute atomic E-state index is 0.00461. The van der Waals surface area contributed by atoms with Crippen LogP contribution in [0.2, 0.25) is 0 Å². The van der Waals surface area contributed by atoms with Gasteiger partial charge in [-0.05, 0) is 38.9 Å². The van der Waals surface area contributed by atoms with E-state index >= 15 is 0 Å². The van der Waals surface area contributed by atoms with E-state index in [1.807, 2.05) is 127 Å². The molecule has 56 heavy (non-hydrogen) atoms. The molecular weight excluding hydrogens is 777 g/mol. The van der Waals surface area contributed by atoms with Gasteiger partial charge in [0.05, 0.1) is 26.4 Å². The summed E-state index contributed by atoms with van der Waals surface area (Å²) < 4.78 is 41.4. The largest absolute Gasteiger partial charge is 0.508 e. The van der Waals surface area contributed by atoms with Crippen molar-refractivity contribution in [3.8, 4) is 11.1 Å². The number of carbonyl (C=O) groups is 1. The van der Waals surface area contributed by atoms with Crippen molar-refractivity contribution in [2.75, 3.05) is 13.2 Å². The summed E-state index contributed by atoms with van der Waals surface area (Å²) in [6.07, 6.45) is -6.67. The lowest BCUT2D eigenvalue weighted by atomic mass is 9.98. The fourth-order valence-corrected chi connectivity index (χ4v) is 7.08. The molecule has 9 nitrogen and oxygen atoms in total. The fraction of sp³-hybridized carbons (Fsp3) is 0.273. The van der Waals surface area contributed by atoms with E-state index in [1.165, 1.54) is 0 Å². The highest BCUT2D eigenvalue weighted by atomic mass is 35.6. The first kappa shape index (κ1) is 39.8. The average molecular weight is 817 g/mol. The number of rotatable bonds is 14. The Morgan fingerprint density at radius 3 is 1.61 bits per heavy atom. The van der Waals surface area contributed by atoms with Crippen molar-refractivity contribution in [2.24, 2.45) is 0 Å². The summed E-state index contributed by atoms with van der Waals surface area (Å²) in [6.45, 7) is 0.556. The lowest BCUT2D eigenvalue weighted by molar-refractivity contribution is -0.304. The van der Waals surface area contributed by atoms with Crippen molar-refractivity contribution in [3.05, 3.63) is 167 Å². The molecule has 0 saturated carbocycles. The molecule has 5 aromatic rings. The summed E-state index contributed by atoms with van der Waals surface area (Å²) in [5.74, 6) is -0.969. The second-order valence-corrected chi connectivity index (χ2v) is 15.7. The summed E-state index contributed by atoms with van der Waals surface area (Å²) in [6, 6.07) is 44.8. The van der Waals surface area contributed by atoms with Gasteiger partial charge < -0.3 is 33.2 Å². The molecule has 1 unspecified atom stereocenters. The number of carbonyl (C=O) groups excluding carboxylic acids is 1. The predicted octanol–water partition coefficient (Wildman–Crippen LogP) is 9.80. The van der Waals surface area contributed by atoms with Crippen molar-refractivity contribution in [3.63, 3.8) is 0 Å². The Morgan fingerprint density at radius 2 is 1.07 bits per heavy atom. The molecule has 0 amide bonds. The van der Waals surface area contributed by atoms with Crippen LogP contribution >= 0.6 is 34.8 Å². The van der Waals surface area contributed by atoms with Gasteiger partial charge in [-0.3, -0.25) is 5.41 Å². The van der Waals surface area contributed by atoms with Gasteiger partial charge in [0, 0.05) is 5.92 Å². The Bertz CT molecular complexity index is 2000. The van der Waals surface area contributed by atoms with E-state index in [-0.39, 0.29) is 39.0 Å². The Morgan fingerprint density at radius 1 is 0.589 bits per heavy atom. The lowest BCUT2D eigenvalue weighted by Crippen LogP contribution is -2.62. The van der Waals surface area contributed by atoms with Crippen LogP contribution in [0.3, 0.4) is 0 Å². The molecule has 0 aromatic heterocycles. The number of halogens is 3. The summed E-state index contributed by atoms with van der Waals surface area (Å²) in [7, 11) is 0. The molecule has 1 aliphatic carbocycles. The molecule has 1 N–H and O–H groups in total. The van der Waals surface area contributed by atoms with Crippen molar-refractivity contribution >= 4 is 46.9 Å². The molecular formula is C44H40Cl3NO8. The molecule has 1 saturated heterocycles. The minimum atomic E-state index is -2.25. The summed E-state index contributed by atoms with van der Waals surface area (Å²) in [4.78, 5) is 13.8. The predicted molar refractivity (Wildman–Crippen MR) is 214 cm³/mol. The number of ether oxygens (including phenoxy) is 7. The average Bonchev–Trinajstić information content (AvgIpc) is 3.54. The quantitative estimate of drug-likeness (QED) is 0.0512. The van der Waals surface area contributed by atoms with Crippen LogP contribution in [0.1, 0.15) is 33.7 Å². The van der Waals surface area contributed by atoms with Crippen molar-refractivity contribution in [1.29, 1.82) is 5.41 Å². The van der Waals surface area contributed by atoms with Gasteiger partial charge in [0.15, 0.2) is 6.10 Å². The maximum absolute atomic E-state index is 13.8. The van der Waals surface area contributed by atoms with E-state index in [2.05, 4.69) is 12.1 Å². The van der Waals surface area contributed by atoms with E-state index in [4.69, 9.17) is 73.4 Å². The molecule has 5 aromatic carbocycles. The fourth-order valence-electron chi connectivity index (χ4n) is 6.94. The molecule has 1 fully saturated rings. The highest BCUT2D eigenvalue weighted by Gasteiger charge is 2.52. The Labute approximate surface area is 340 Å². The normalized spacial score (nSPS) is 20.4. The van der Waals surface area contributed by atoms with Gasteiger partial charge in [0.25, 0.3) is 3.79 Å². The minimum Gasteiger partial charge on any atom is -0.444 e. The van der Waals surface area contributed by atoms with Crippen LogP contribution in [0.5, 0.6) is 0 Å². The molecule has 290 valence electrons. The zero-order chi connectivity index (χ0) is 38.9. The van der Waals surface area contributed by atoms with Crippen LogP contribution in [0.25, 0.3) is 11.1 Å². The topological polar surface area (TPSA) is 106 Å². The molecule has 1 heterocycles. The van der Waals surface area contributed by atoms with E-state index in [0.29, 0.717) is 0 Å². The standard InChI is InChI=1S/C44H40Cl3NO8/c45-44(46,47)42(48)56-41-40(55-43(49)53-27-36-34-22-12-10-20-32(34)33-21-11-13-23-35(33)36)39(52-26-31-18-8-3-9-19-31)38(51-25-30-16-6-2-7-17-30)37(54-41)28-50-24-29-14-4-1-5-15-29/h1-23,36-41,48H,24-28H2/t37-,38-,39+,40+,41?/m1/s1. The highest BCUT2D eigenvalue weighted by Crippen LogP contribution is 2.44. The third-order valence-corrected chi connectivity index (χ3v) is 10.1. The summed E-state index contributed by atoms with van der Waals surface area (Å²) in [5, 5.41) is 8.47. The van der Waals surface area contributed by atoms with Crippen LogP contribution in [-0.2, 0) is 53.0 Å². The lowest BCUT2D eigenvalue weighted by Gasteiger charge is -2.45. The van der Waals surface area contributed by atoms with Crippen LogP contribution in [-0.4, -0.2) is 59.8 Å². The van der Waals surface area contributed by atoms with Gasteiger partial charge in [-0.1, -0.05) is 174 Å². The van der Waals surface area contributed by atoms with Crippen molar-refractivity contribution in [2.45, 2.75) is 60.2 Å². The Balaban J connectivity index is 1.18. The molecule has 5 atom stereocenters. The van der Waals surface area contributed by atoms with Gasteiger partial charge in [-0.25, -0.2) is 4.79 Å². The number of alkyl halides is 3. The monoisotopic (exact) mass is 815 g/mol. The van der Waals surface area contributed by atoms with Crippen LogP contribution in [0.15, 0.2) is 140 Å². The second kappa shape index (κ2) is 18.7. The maximum Gasteiger partial charge on any atom is 0.508 e. The van der Waals surface area contributed by atoms with Crippen molar-refractivity contribution in [1.82, 2.24) is 0 Å². The first-order valence-electron chi connectivity index (χ1n) is 18.2. The number of benzene rings is 5. The van der Waals surface area contributed by atoms with Crippen LogP contribution in [0, 0.1) is 5.41 Å². The summed E-state index contributed by atoms with van der Waals surface area (Å²) >= 11 is 18.3. The van der Waals surface area contributed by atoms with E-state index in [0.717, 1.165) is 38.9 Å². The van der Waals surface area contributed by atoms with E-state index in [1.54, 1.807) is 0 Å². The third-order valence-electron chi connectivity index (χ3n) is 9.61. The van der Waals surface area contributed by atoms with E-state index in [9.17, 15) is 4.79 Å². The second-order valence-electron chi connectivity index (χ2n) is 13.4. The van der Waals surface area contributed by atoms with Gasteiger partial charge >= 0.3 is 6.16 Å². The molecule has 2 aliphatic rings. The van der Waals surface area contributed by atoms with Crippen molar-refractivity contribution < 1.29 is 38.0 Å². The van der Waals surface area contributed by atoms with Crippen LogP contribution < -0.4 is 0 Å². The zero-order valence-corrected chi connectivity index (χ0v) is 32.4. The summed E-state index contributed by atoms with van der Waals surface area (Å²) in [5.41, 5.74) is 6.93. The number of hydrogen-bond donors (Lipinski definition) is 1. The van der Waals surface area contributed by atoms with Gasteiger partial charge in [0.1, 0.15) is 24.9 Å². The van der Waals surface area contributed by atoms with Crippen LogP contribution in [0.4, 0.5) is 4.79 Å². The Hall–Kier alpha value is -4.45. The highest BCUT2D eigenvalue weighted by molar-refractivity contribution is 6.76. The van der Waals surface area contributed by atoms with Gasteiger partial charge in [0.2, 0.25) is 12.2 Å². The number of fused-ring (bicyclic) bond motifs is 3. The third kappa shape index (κ3) is 9.91. The molecule has 1 aliphatic heterocycles. The molecule has 7 rings (SSSR count). The first-order chi connectivity index (χ1) is 27.2. The molecule has 0 bridgehead atoms. The molecule has 12 heteroatoms. The SMILES string of the molecule is N=C(OC1O[C@H](COCc2ccccc2)[C@@H](OCc2ccccc2)[C@H](OCc2ccccc2)[C@@H]1OC(=O)OCC1c2ccccc2-c2ccccc21)C(Cl)(Cl)Cl. The smallest absolute Gasteiger partial charge is 0.444 e. The number of nitrogens with one attached hydrogen (secondary N) is 1. The van der Waals surface area contributed by atoms with Gasteiger partial charge in [-0.2, -0.15) is 0 Å². The Kier molecular flexibility index (Phi) is 13.3. The van der Waals surface area contributed by atoms with Gasteiger partial charge in [-0.15, -0.1) is 0 Å². The first-order valence-corrected chi connectivity index (χ1v) is 19.3. The van der Waals surface area contributed by atoms with E-state index < -0.39 is 46.6 Å². The number of hydrogen-bond acceptors (Lipinski definition) is 9.